The lowest BCUT2D eigenvalue weighted by Gasteiger charge is -2.19. The third kappa shape index (κ3) is 2.87. The number of nitrogens with zero attached hydrogens (tertiary/aromatic N) is 2. The van der Waals surface area contributed by atoms with E-state index in [0.717, 1.165) is 12.8 Å². The average molecular weight is 235 g/mol. The number of carbonyl (C=O) groups excluding carboxylic acids is 1. The van der Waals surface area contributed by atoms with Gasteiger partial charge in [-0.05, 0) is 37.7 Å². The number of rotatable bonds is 3. The van der Waals surface area contributed by atoms with Crippen molar-refractivity contribution in [3.63, 3.8) is 0 Å². The second-order valence-corrected chi connectivity index (χ2v) is 5.77. The fourth-order valence-corrected chi connectivity index (χ4v) is 2.51. The Kier molecular flexibility index (Phi) is 3.22. The van der Waals surface area contributed by atoms with Gasteiger partial charge in [-0.2, -0.15) is 5.10 Å². The summed E-state index contributed by atoms with van der Waals surface area (Å²) in [5, 5.41) is 7.22. The minimum Gasteiger partial charge on any atom is -0.352 e. The van der Waals surface area contributed by atoms with E-state index in [1.54, 1.807) is 10.9 Å². The topological polar surface area (TPSA) is 46.9 Å². The summed E-state index contributed by atoms with van der Waals surface area (Å²) in [6.07, 6.45) is 6.87. The second kappa shape index (κ2) is 4.51. The fourth-order valence-electron chi connectivity index (χ4n) is 2.51. The van der Waals surface area contributed by atoms with E-state index in [4.69, 9.17) is 0 Å². The van der Waals surface area contributed by atoms with Crippen molar-refractivity contribution in [2.75, 3.05) is 0 Å². The quantitative estimate of drug-likeness (QED) is 0.872. The molecule has 1 aliphatic rings. The van der Waals surface area contributed by atoms with Crippen LogP contribution in [0.3, 0.4) is 0 Å². The van der Waals surface area contributed by atoms with Crippen molar-refractivity contribution in [2.24, 2.45) is 5.41 Å². The van der Waals surface area contributed by atoms with Gasteiger partial charge in [0.05, 0.1) is 0 Å². The maximum Gasteiger partial charge on any atom is 0.244 e. The van der Waals surface area contributed by atoms with E-state index < -0.39 is 0 Å². The highest BCUT2D eigenvalue weighted by Crippen LogP contribution is 2.36. The Morgan fingerprint density at radius 1 is 1.59 bits per heavy atom. The highest BCUT2D eigenvalue weighted by molar-refractivity contribution is 5.80. The summed E-state index contributed by atoms with van der Waals surface area (Å²) in [6.45, 7) is 6.40. The van der Waals surface area contributed by atoms with Gasteiger partial charge >= 0.3 is 0 Å². The molecule has 1 aromatic heterocycles. The van der Waals surface area contributed by atoms with Crippen LogP contribution < -0.4 is 5.32 Å². The molecule has 4 nitrogen and oxygen atoms in total. The van der Waals surface area contributed by atoms with E-state index in [9.17, 15) is 4.79 Å². The standard InChI is InChI=1S/C13H21N3O/c1-10(16-8-4-7-14-16)12(17)15-11-5-6-13(2,3)9-11/h4,7-8,10-11H,5-6,9H2,1-3H3,(H,15,17). The van der Waals surface area contributed by atoms with Gasteiger partial charge in [0, 0.05) is 18.4 Å². The van der Waals surface area contributed by atoms with Gasteiger partial charge in [-0.15, -0.1) is 0 Å². The smallest absolute Gasteiger partial charge is 0.244 e. The van der Waals surface area contributed by atoms with Crippen LogP contribution >= 0.6 is 0 Å². The Balaban J connectivity index is 1.90. The molecule has 94 valence electrons. The van der Waals surface area contributed by atoms with Gasteiger partial charge in [-0.1, -0.05) is 13.8 Å². The first kappa shape index (κ1) is 12.1. The van der Waals surface area contributed by atoms with Gasteiger partial charge in [0.2, 0.25) is 5.91 Å². The third-order valence-corrected chi connectivity index (χ3v) is 3.62. The third-order valence-electron chi connectivity index (χ3n) is 3.62. The van der Waals surface area contributed by atoms with E-state index >= 15 is 0 Å². The summed E-state index contributed by atoms with van der Waals surface area (Å²) < 4.78 is 1.69. The maximum atomic E-state index is 12.0. The van der Waals surface area contributed by atoms with Crippen LogP contribution in [0.5, 0.6) is 0 Å². The molecule has 0 saturated heterocycles. The number of nitrogens with one attached hydrogen (secondary N) is 1. The monoisotopic (exact) mass is 235 g/mol. The predicted octanol–water partition coefficient (Wildman–Crippen LogP) is 2.14. The predicted molar refractivity (Wildman–Crippen MR) is 66.5 cm³/mol. The average Bonchev–Trinajstić information content (AvgIpc) is 2.86. The molecule has 17 heavy (non-hydrogen) atoms. The van der Waals surface area contributed by atoms with Crippen LogP contribution in [-0.4, -0.2) is 21.7 Å². The molecule has 1 amide bonds. The van der Waals surface area contributed by atoms with Crippen LogP contribution in [0.4, 0.5) is 0 Å². The van der Waals surface area contributed by atoms with Gasteiger partial charge in [0.25, 0.3) is 0 Å². The molecule has 0 bridgehead atoms. The van der Waals surface area contributed by atoms with Crippen LogP contribution in [0.1, 0.15) is 46.1 Å². The zero-order chi connectivity index (χ0) is 12.5. The van der Waals surface area contributed by atoms with E-state index in [2.05, 4.69) is 24.3 Å². The van der Waals surface area contributed by atoms with Crippen LogP contribution in [0, 0.1) is 5.41 Å². The number of amides is 1. The molecule has 2 unspecified atom stereocenters. The molecule has 0 spiro atoms. The summed E-state index contributed by atoms with van der Waals surface area (Å²) in [4.78, 5) is 12.0. The molecule has 1 heterocycles. The normalized spacial score (nSPS) is 24.5. The number of hydrogen-bond donors (Lipinski definition) is 1. The molecule has 0 aromatic carbocycles. The minimum atomic E-state index is -0.228. The van der Waals surface area contributed by atoms with Gasteiger partial charge in [-0.25, -0.2) is 0 Å². The Hall–Kier alpha value is -1.32. The van der Waals surface area contributed by atoms with Crippen molar-refractivity contribution in [3.8, 4) is 0 Å². The fraction of sp³-hybridized carbons (Fsp3) is 0.692. The first-order valence-corrected chi connectivity index (χ1v) is 6.27. The van der Waals surface area contributed by atoms with Crippen molar-refractivity contribution >= 4 is 5.91 Å². The second-order valence-electron chi connectivity index (χ2n) is 5.77. The zero-order valence-corrected chi connectivity index (χ0v) is 10.8. The van der Waals surface area contributed by atoms with E-state index in [1.165, 1.54) is 6.42 Å². The first-order valence-electron chi connectivity index (χ1n) is 6.27. The zero-order valence-electron chi connectivity index (χ0n) is 10.8. The molecule has 2 atom stereocenters. The summed E-state index contributed by atoms with van der Waals surface area (Å²) in [6, 6.07) is 1.94. The van der Waals surface area contributed by atoms with Gasteiger partial charge in [-0.3, -0.25) is 9.48 Å². The molecular weight excluding hydrogens is 214 g/mol. The molecule has 0 radical (unpaired) electrons. The molecule has 4 heteroatoms. The van der Waals surface area contributed by atoms with Crippen molar-refractivity contribution < 1.29 is 4.79 Å². The highest BCUT2D eigenvalue weighted by Gasteiger charge is 2.32. The maximum absolute atomic E-state index is 12.0. The van der Waals surface area contributed by atoms with Crippen molar-refractivity contribution in [2.45, 2.75) is 52.1 Å². The molecular formula is C13H21N3O. The SMILES string of the molecule is CC(C(=O)NC1CCC(C)(C)C1)n1cccn1. The van der Waals surface area contributed by atoms with Crippen molar-refractivity contribution in [1.82, 2.24) is 15.1 Å². The molecule has 0 aliphatic heterocycles. The Morgan fingerprint density at radius 3 is 2.88 bits per heavy atom. The highest BCUT2D eigenvalue weighted by atomic mass is 16.2. The summed E-state index contributed by atoms with van der Waals surface area (Å²) in [5.41, 5.74) is 0.368. The van der Waals surface area contributed by atoms with Crippen molar-refractivity contribution in [1.29, 1.82) is 0 Å². The van der Waals surface area contributed by atoms with Crippen LogP contribution in [0.15, 0.2) is 18.5 Å². The number of hydrogen-bond acceptors (Lipinski definition) is 2. The summed E-state index contributed by atoms with van der Waals surface area (Å²) in [7, 11) is 0. The lowest BCUT2D eigenvalue weighted by atomic mass is 9.92. The van der Waals surface area contributed by atoms with E-state index in [1.807, 2.05) is 19.2 Å². The minimum absolute atomic E-state index is 0.0661. The largest absolute Gasteiger partial charge is 0.352 e. The Morgan fingerprint density at radius 2 is 2.35 bits per heavy atom. The lowest BCUT2D eigenvalue weighted by Crippen LogP contribution is -2.38. The lowest BCUT2D eigenvalue weighted by molar-refractivity contribution is -0.124. The molecule has 1 fully saturated rings. The molecule has 2 rings (SSSR count). The summed E-state index contributed by atoms with van der Waals surface area (Å²) >= 11 is 0. The number of carbonyl (C=O) groups is 1. The van der Waals surface area contributed by atoms with Crippen LogP contribution in [0.2, 0.25) is 0 Å². The molecule has 1 aliphatic carbocycles. The van der Waals surface area contributed by atoms with Gasteiger partial charge < -0.3 is 5.32 Å². The molecule has 1 N–H and O–H groups in total. The summed E-state index contributed by atoms with van der Waals surface area (Å²) in [5.74, 6) is 0.0661. The molecule has 1 aromatic rings. The van der Waals surface area contributed by atoms with Crippen LogP contribution in [0.25, 0.3) is 0 Å². The number of aromatic nitrogens is 2. The Bertz CT molecular complexity index is 383. The van der Waals surface area contributed by atoms with Crippen LogP contribution in [-0.2, 0) is 4.79 Å². The van der Waals surface area contributed by atoms with E-state index in [-0.39, 0.29) is 11.9 Å². The van der Waals surface area contributed by atoms with E-state index in [0.29, 0.717) is 11.5 Å². The van der Waals surface area contributed by atoms with Crippen molar-refractivity contribution in [3.05, 3.63) is 18.5 Å². The first-order chi connectivity index (χ1) is 7.98. The van der Waals surface area contributed by atoms with Gasteiger partial charge in [0.1, 0.15) is 6.04 Å². The molecule has 1 saturated carbocycles. The Labute approximate surface area is 102 Å². The van der Waals surface area contributed by atoms with Gasteiger partial charge in [0.15, 0.2) is 0 Å².